The first-order chi connectivity index (χ1) is 14.0. The average Bonchev–Trinajstić information content (AvgIpc) is 2.96. The van der Waals surface area contributed by atoms with Crippen molar-refractivity contribution in [3.63, 3.8) is 0 Å². The summed E-state index contributed by atoms with van der Waals surface area (Å²) in [5, 5.41) is -0.821. The molecule has 2 aromatic carbocycles. The Morgan fingerprint density at radius 3 is 2.52 bits per heavy atom. The van der Waals surface area contributed by atoms with Crippen LogP contribution < -0.4 is 9.47 Å². The van der Waals surface area contributed by atoms with Gasteiger partial charge in [0.25, 0.3) is 5.24 Å². The van der Waals surface area contributed by atoms with E-state index >= 15 is 0 Å². The highest BCUT2D eigenvalue weighted by atomic mass is 32.2. The van der Waals surface area contributed by atoms with Crippen molar-refractivity contribution >= 4 is 22.9 Å². The molecule has 1 aliphatic heterocycles. The van der Waals surface area contributed by atoms with Crippen LogP contribution in [0.3, 0.4) is 0 Å². The van der Waals surface area contributed by atoms with Crippen molar-refractivity contribution in [1.82, 2.24) is 4.90 Å². The lowest BCUT2D eigenvalue weighted by Gasteiger charge is -2.15. The lowest BCUT2D eigenvalue weighted by Crippen LogP contribution is -2.31. The third-order valence-corrected chi connectivity index (χ3v) is 5.37. The summed E-state index contributed by atoms with van der Waals surface area (Å²) in [5.74, 6) is 2.87. The van der Waals surface area contributed by atoms with Crippen LogP contribution in [0.4, 0.5) is 9.18 Å². The summed E-state index contributed by atoms with van der Waals surface area (Å²) in [4.78, 5) is 26.3. The fourth-order valence-corrected chi connectivity index (χ4v) is 3.97. The first-order valence-corrected chi connectivity index (χ1v) is 9.98. The highest BCUT2D eigenvalue weighted by molar-refractivity contribution is 8.15. The number of carbonyl (C=O) groups excluding carboxylic acids is 2. The van der Waals surface area contributed by atoms with Crippen molar-refractivity contribution in [2.45, 2.75) is 25.1 Å². The topological polar surface area (TPSA) is 55.8 Å². The predicted molar refractivity (Wildman–Crippen MR) is 109 cm³/mol. The van der Waals surface area contributed by atoms with E-state index in [-0.39, 0.29) is 30.1 Å². The monoisotopic (exact) mass is 413 g/mol. The van der Waals surface area contributed by atoms with Gasteiger partial charge in [-0.2, -0.15) is 0 Å². The highest BCUT2D eigenvalue weighted by Crippen LogP contribution is 2.34. The molecule has 150 valence electrons. The first kappa shape index (κ1) is 20.7. The summed E-state index contributed by atoms with van der Waals surface area (Å²) in [6.45, 7) is 2.57. The van der Waals surface area contributed by atoms with Gasteiger partial charge in [-0.15, -0.1) is 6.42 Å². The molecule has 5 nitrogen and oxygen atoms in total. The molecule has 0 unspecified atom stereocenters. The van der Waals surface area contributed by atoms with Crippen LogP contribution in [-0.2, 0) is 17.8 Å². The molecule has 1 saturated heterocycles. The molecular formula is C22H20FNO4S. The quantitative estimate of drug-likeness (QED) is 0.612. The molecule has 0 aromatic heterocycles. The van der Waals surface area contributed by atoms with Gasteiger partial charge in [-0.3, -0.25) is 14.5 Å². The molecule has 0 N–H and O–H groups in total. The zero-order valence-corrected chi connectivity index (χ0v) is 16.7. The Bertz CT molecular complexity index is 939. The van der Waals surface area contributed by atoms with Crippen molar-refractivity contribution < 1.29 is 23.5 Å². The second-order valence-electron chi connectivity index (χ2n) is 6.33. The molecule has 1 atom stereocenters. The van der Waals surface area contributed by atoms with E-state index in [1.54, 1.807) is 24.3 Å². The molecule has 0 bridgehead atoms. The van der Waals surface area contributed by atoms with Crippen LogP contribution in [0.15, 0.2) is 42.5 Å². The van der Waals surface area contributed by atoms with Crippen LogP contribution in [0, 0.1) is 18.2 Å². The number of rotatable bonds is 8. The van der Waals surface area contributed by atoms with E-state index in [1.807, 2.05) is 13.0 Å². The fraction of sp³-hybridized carbons (Fsp3) is 0.273. The van der Waals surface area contributed by atoms with Crippen molar-refractivity contribution in [1.29, 1.82) is 0 Å². The van der Waals surface area contributed by atoms with Gasteiger partial charge in [0.1, 0.15) is 12.4 Å². The van der Waals surface area contributed by atoms with Gasteiger partial charge >= 0.3 is 0 Å². The summed E-state index contributed by atoms with van der Waals surface area (Å²) in [5.41, 5.74) is 1.55. The van der Waals surface area contributed by atoms with Gasteiger partial charge in [-0.25, -0.2) is 4.39 Å². The molecule has 2 amide bonds. The molecule has 1 heterocycles. The summed E-state index contributed by atoms with van der Waals surface area (Å²) in [6.07, 6.45) is 5.61. The van der Waals surface area contributed by atoms with Crippen molar-refractivity contribution in [2.75, 3.05) is 13.2 Å². The number of hydrogen-bond acceptors (Lipinski definition) is 5. The number of halogens is 1. The molecule has 0 radical (unpaired) electrons. The number of nitrogens with zero attached hydrogens (tertiary/aromatic N) is 1. The summed E-state index contributed by atoms with van der Waals surface area (Å²) >= 11 is 1.00. The maximum Gasteiger partial charge on any atom is 0.289 e. The molecule has 0 saturated carbocycles. The summed E-state index contributed by atoms with van der Waals surface area (Å²) in [6, 6.07) is 11.1. The van der Waals surface area contributed by atoms with Gasteiger partial charge in [0, 0.05) is 0 Å². The number of terminal acetylenes is 1. The summed E-state index contributed by atoms with van der Waals surface area (Å²) < 4.78 is 24.1. The van der Waals surface area contributed by atoms with Crippen LogP contribution in [0.25, 0.3) is 0 Å². The van der Waals surface area contributed by atoms with Crippen LogP contribution in [0.5, 0.6) is 11.5 Å². The number of carbonyl (C=O) groups is 2. The van der Waals surface area contributed by atoms with E-state index in [1.165, 1.54) is 17.0 Å². The number of amides is 2. The third-order valence-electron chi connectivity index (χ3n) is 4.30. The number of benzene rings is 2. The number of thioether (sulfide) groups is 1. The minimum absolute atomic E-state index is 0.128. The molecule has 1 fully saturated rings. The normalized spacial score (nSPS) is 16.0. The Kier molecular flexibility index (Phi) is 6.78. The number of imide groups is 1. The van der Waals surface area contributed by atoms with E-state index < -0.39 is 5.25 Å². The lowest BCUT2D eigenvalue weighted by molar-refractivity contribution is -0.127. The van der Waals surface area contributed by atoms with E-state index in [2.05, 4.69) is 5.92 Å². The molecular weight excluding hydrogens is 393 g/mol. The third kappa shape index (κ3) is 5.09. The lowest BCUT2D eigenvalue weighted by atomic mass is 10.1. The van der Waals surface area contributed by atoms with Gasteiger partial charge < -0.3 is 9.47 Å². The zero-order valence-electron chi connectivity index (χ0n) is 15.9. The SMILES string of the molecule is C#CCOc1ccc(C[C@@H]2SC(=O)N(Cc3ccc(F)cc3)C2=O)cc1OCC. The minimum atomic E-state index is -0.519. The van der Waals surface area contributed by atoms with E-state index in [9.17, 15) is 14.0 Å². The Morgan fingerprint density at radius 1 is 1.10 bits per heavy atom. The molecule has 1 aliphatic rings. The number of hydrogen-bond donors (Lipinski definition) is 0. The molecule has 0 aliphatic carbocycles. The first-order valence-electron chi connectivity index (χ1n) is 9.10. The molecule has 3 rings (SSSR count). The second-order valence-corrected chi connectivity index (χ2v) is 7.49. The van der Waals surface area contributed by atoms with E-state index in [0.29, 0.717) is 30.1 Å². The van der Waals surface area contributed by atoms with Gasteiger partial charge in [0.15, 0.2) is 11.5 Å². The Morgan fingerprint density at radius 2 is 1.83 bits per heavy atom. The minimum Gasteiger partial charge on any atom is -0.490 e. The standard InChI is InChI=1S/C22H20FNO4S/c1-3-11-28-18-10-7-16(12-19(18)27-4-2)13-20-21(25)24(22(26)29-20)14-15-5-8-17(23)9-6-15/h1,5-10,12,20H,4,11,13-14H2,2H3/t20-/m0/s1. The fourth-order valence-electron chi connectivity index (χ4n) is 2.94. The van der Waals surface area contributed by atoms with Gasteiger partial charge in [0.05, 0.1) is 18.4 Å². The molecule has 2 aromatic rings. The largest absolute Gasteiger partial charge is 0.490 e. The van der Waals surface area contributed by atoms with Gasteiger partial charge in [-0.05, 0) is 48.7 Å². The average molecular weight is 413 g/mol. The van der Waals surface area contributed by atoms with E-state index in [0.717, 1.165) is 17.3 Å². The second kappa shape index (κ2) is 9.48. The van der Waals surface area contributed by atoms with Crippen LogP contribution in [0.1, 0.15) is 18.1 Å². The highest BCUT2D eigenvalue weighted by Gasteiger charge is 2.39. The van der Waals surface area contributed by atoms with Gasteiger partial charge in [0.2, 0.25) is 5.91 Å². The maximum atomic E-state index is 13.1. The van der Waals surface area contributed by atoms with Crippen LogP contribution >= 0.6 is 11.8 Å². The molecule has 0 spiro atoms. The van der Waals surface area contributed by atoms with Crippen LogP contribution in [-0.4, -0.2) is 34.5 Å². The van der Waals surface area contributed by atoms with Crippen molar-refractivity contribution in [3.05, 3.63) is 59.4 Å². The predicted octanol–water partition coefficient (Wildman–Crippen LogP) is 4.04. The Hall–Kier alpha value is -2.98. The number of ether oxygens (including phenoxy) is 2. The zero-order chi connectivity index (χ0) is 20.8. The van der Waals surface area contributed by atoms with Crippen molar-refractivity contribution in [3.8, 4) is 23.8 Å². The van der Waals surface area contributed by atoms with Crippen molar-refractivity contribution in [2.24, 2.45) is 0 Å². The smallest absolute Gasteiger partial charge is 0.289 e. The molecule has 29 heavy (non-hydrogen) atoms. The maximum absolute atomic E-state index is 13.1. The van der Waals surface area contributed by atoms with Crippen LogP contribution in [0.2, 0.25) is 0 Å². The summed E-state index contributed by atoms with van der Waals surface area (Å²) in [7, 11) is 0. The Labute approximate surface area is 173 Å². The van der Waals surface area contributed by atoms with E-state index in [4.69, 9.17) is 15.9 Å². The Balaban J connectivity index is 1.70. The van der Waals surface area contributed by atoms with Gasteiger partial charge in [-0.1, -0.05) is 35.9 Å². The molecule has 7 heteroatoms.